The first-order valence-corrected chi connectivity index (χ1v) is 9.12. The third kappa shape index (κ3) is 4.51. The third-order valence-electron chi connectivity index (χ3n) is 3.74. The van der Waals surface area contributed by atoms with E-state index >= 15 is 0 Å². The van der Waals surface area contributed by atoms with Gasteiger partial charge in [-0.2, -0.15) is 5.10 Å². The third-order valence-corrected chi connectivity index (χ3v) is 4.62. The zero-order valence-corrected chi connectivity index (χ0v) is 15.7. The standard InChI is InChI=1S/C20H18N2O4S/c1-14(20(24)25-2)26-18(23)11-10-15-13-22(16-7-4-3-5-8-16)21-19(15)17-9-6-12-27-17/h3-14H,1-2H3/b11-10+. The molecule has 3 rings (SSSR count). The fourth-order valence-electron chi connectivity index (χ4n) is 2.41. The number of aromatic nitrogens is 2. The number of thiophene rings is 1. The summed E-state index contributed by atoms with van der Waals surface area (Å²) in [6.07, 6.45) is 3.80. The number of hydrogen-bond acceptors (Lipinski definition) is 6. The average Bonchev–Trinajstić information content (AvgIpc) is 3.35. The van der Waals surface area contributed by atoms with Crippen molar-refractivity contribution >= 4 is 29.4 Å². The highest BCUT2D eigenvalue weighted by Gasteiger charge is 2.17. The number of carbonyl (C=O) groups excluding carboxylic acids is 2. The first kappa shape index (κ1) is 18.6. The van der Waals surface area contributed by atoms with Crippen LogP contribution in [0.15, 0.2) is 60.1 Å². The zero-order valence-electron chi connectivity index (χ0n) is 14.9. The minimum absolute atomic E-state index is 0.604. The molecule has 0 saturated carbocycles. The van der Waals surface area contributed by atoms with Crippen molar-refractivity contribution in [2.75, 3.05) is 7.11 Å². The van der Waals surface area contributed by atoms with E-state index in [9.17, 15) is 9.59 Å². The molecule has 0 aliphatic heterocycles. The van der Waals surface area contributed by atoms with E-state index in [2.05, 4.69) is 9.84 Å². The molecule has 0 saturated heterocycles. The van der Waals surface area contributed by atoms with Gasteiger partial charge in [0.05, 0.1) is 17.7 Å². The van der Waals surface area contributed by atoms with Crippen LogP contribution in [0.2, 0.25) is 0 Å². The number of rotatable bonds is 6. The van der Waals surface area contributed by atoms with Crippen molar-refractivity contribution in [1.29, 1.82) is 0 Å². The molecule has 1 aromatic carbocycles. The van der Waals surface area contributed by atoms with Crippen LogP contribution in [-0.4, -0.2) is 34.9 Å². The van der Waals surface area contributed by atoms with Crippen LogP contribution in [0.25, 0.3) is 22.3 Å². The summed E-state index contributed by atoms with van der Waals surface area (Å²) in [7, 11) is 1.24. The van der Waals surface area contributed by atoms with Crippen LogP contribution in [-0.2, 0) is 19.1 Å². The summed E-state index contributed by atoms with van der Waals surface area (Å²) in [5, 5.41) is 6.62. The normalized spacial score (nSPS) is 12.1. The van der Waals surface area contributed by atoms with Gasteiger partial charge < -0.3 is 9.47 Å². The fraction of sp³-hybridized carbons (Fsp3) is 0.150. The molecule has 7 heteroatoms. The molecular formula is C20H18N2O4S. The van der Waals surface area contributed by atoms with Gasteiger partial charge in [-0.05, 0) is 36.6 Å². The van der Waals surface area contributed by atoms with E-state index in [0.717, 1.165) is 21.8 Å². The van der Waals surface area contributed by atoms with Gasteiger partial charge in [-0.15, -0.1) is 11.3 Å². The van der Waals surface area contributed by atoms with Crippen molar-refractivity contribution < 1.29 is 19.1 Å². The Hall–Kier alpha value is -3.19. The highest BCUT2D eigenvalue weighted by atomic mass is 32.1. The summed E-state index contributed by atoms with van der Waals surface area (Å²) in [5.41, 5.74) is 2.44. The lowest BCUT2D eigenvalue weighted by Gasteiger charge is -2.08. The van der Waals surface area contributed by atoms with Crippen LogP contribution in [0.4, 0.5) is 0 Å². The van der Waals surface area contributed by atoms with Gasteiger partial charge in [0.15, 0.2) is 6.10 Å². The van der Waals surface area contributed by atoms with Crippen molar-refractivity contribution in [2.45, 2.75) is 13.0 Å². The van der Waals surface area contributed by atoms with E-state index in [1.165, 1.54) is 20.1 Å². The first-order chi connectivity index (χ1) is 13.1. The average molecular weight is 382 g/mol. The van der Waals surface area contributed by atoms with Gasteiger partial charge >= 0.3 is 11.9 Å². The van der Waals surface area contributed by atoms with Crippen LogP contribution in [0.5, 0.6) is 0 Å². The molecule has 27 heavy (non-hydrogen) atoms. The summed E-state index contributed by atoms with van der Waals surface area (Å²) >= 11 is 1.56. The van der Waals surface area contributed by atoms with Gasteiger partial charge in [0, 0.05) is 17.8 Å². The van der Waals surface area contributed by atoms with Crippen LogP contribution >= 0.6 is 11.3 Å². The van der Waals surface area contributed by atoms with E-state index in [1.54, 1.807) is 22.1 Å². The lowest BCUT2D eigenvalue weighted by molar-refractivity contribution is -0.161. The lowest BCUT2D eigenvalue weighted by Crippen LogP contribution is -2.24. The molecule has 0 bridgehead atoms. The number of esters is 2. The maximum absolute atomic E-state index is 12.0. The summed E-state index contributed by atoms with van der Waals surface area (Å²) in [6, 6.07) is 13.6. The lowest BCUT2D eigenvalue weighted by atomic mass is 10.2. The smallest absolute Gasteiger partial charge is 0.346 e. The summed E-state index contributed by atoms with van der Waals surface area (Å²) in [6.45, 7) is 1.46. The maximum atomic E-state index is 12.0. The molecule has 1 unspecified atom stereocenters. The van der Waals surface area contributed by atoms with Crippen molar-refractivity contribution in [3.8, 4) is 16.3 Å². The Labute approximate surface area is 160 Å². The molecule has 2 aromatic heterocycles. The number of para-hydroxylation sites is 1. The second kappa shape index (κ2) is 8.46. The Balaban J connectivity index is 1.86. The number of benzene rings is 1. The number of methoxy groups -OCH3 is 1. The van der Waals surface area contributed by atoms with Gasteiger partial charge in [-0.1, -0.05) is 24.3 Å². The molecule has 0 radical (unpaired) electrons. The Kier molecular flexibility index (Phi) is 5.83. The number of ether oxygens (including phenoxy) is 2. The van der Waals surface area contributed by atoms with Crippen LogP contribution < -0.4 is 0 Å². The molecule has 2 heterocycles. The van der Waals surface area contributed by atoms with Gasteiger partial charge in [-0.3, -0.25) is 0 Å². The molecule has 0 N–H and O–H groups in total. The Morgan fingerprint density at radius 2 is 1.96 bits per heavy atom. The monoisotopic (exact) mass is 382 g/mol. The number of carbonyl (C=O) groups is 2. The number of hydrogen-bond donors (Lipinski definition) is 0. The van der Waals surface area contributed by atoms with Crippen molar-refractivity contribution in [1.82, 2.24) is 9.78 Å². The minimum Gasteiger partial charge on any atom is -0.466 e. The number of nitrogens with zero attached hydrogens (tertiary/aromatic N) is 2. The molecule has 0 spiro atoms. The molecule has 0 aliphatic carbocycles. The van der Waals surface area contributed by atoms with Gasteiger partial charge in [0.25, 0.3) is 0 Å². The molecule has 0 amide bonds. The Morgan fingerprint density at radius 3 is 2.63 bits per heavy atom. The molecule has 0 aliphatic rings. The molecule has 6 nitrogen and oxygen atoms in total. The summed E-state index contributed by atoms with van der Waals surface area (Å²) in [4.78, 5) is 24.3. The quantitative estimate of drug-likeness (QED) is 0.480. The zero-order chi connectivity index (χ0) is 19.2. The molecule has 0 fully saturated rings. The molecular weight excluding hydrogens is 364 g/mol. The van der Waals surface area contributed by atoms with Crippen molar-refractivity contribution in [3.63, 3.8) is 0 Å². The highest BCUT2D eigenvalue weighted by molar-refractivity contribution is 7.13. The van der Waals surface area contributed by atoms with Gasteiger partial charge in [0.2, 0.25) is 0 Å². The topological polar surface area (TPSA) is 70.4 Å². The molecule has 138 valence electrons. The predicted molar refractivity (Wildman–Crippen MR) is 103 cm³/mol. The maximum Gasteiger partial charge on any atom is 0.346 e. The van der Waals surface area contributed by atoms with Crippen molar-refractivity contribution in [2.24, 2.45) is 0 Å². The Morgan fingerprint density at radius 1 is 1.19 bits per heavy atom. The van der Waals surface area contributed by atoms with Gasteiger partial charge in [0.1, 0.15) is 5.69 Å². The van der Waals surface area contributed by atoms with Crippen molar-refractivity contribution in [3.05, 3.63) is 65.7 Å². The van der Waals surface area contributed by atoms with Crippen LogP contribution in [0, 0.1) is 0 Å². The second-order valence-corrected chi connectivity index (χ2v) is 6.57. The SMILES string of the molecule is COC(=O)C(C)OC(=O)/C=C/c1cn(-c2ccccc2)nc1-c1cccs1. The summed E-state index contributed by atoms with van der Waals surface area (Å²) < 4.78 is 11.3. The van der Waals surface area contributed by atoms with E-state index < -0.39 is 18.0 Å². The first-order valence-electron chi connectivity index (χ1n) is 8.24. The minimum atomic E-state index is -0.962. The predicted octanol–water partition coefficient (Wildman–Crippen LogP) is 3.72. The summed E-state index contributed by atoms with van der Waals surface area (Å²) in [5.74, 6) is -1.23. The largest absolute Gasteiger partial charge is 0.466 e. The Bertz CT molecular complexity index is 946. The molecule has 3 aromatic rings. The second-order valence-electron chi connectivity index (χ2n) is 5.63. The van der Waals surface area contributed by atoms with Gasteiger partial charge in [-0.25, -0.2) is 14.3 Å². The van der Waals surface area contributed by atoms with E-state index in [0.29, 0.717) is 0 Å². The molecule has 1 atom stereocenters. The van der Waals surface area contributed by atoms with E-state index in [4.69, 9.17) is 4.74 Å². The van der Waals surface area contributed by atoms with Crippen LogP contribution in [0.1, 0.15) is 12.5 Å². The van der Waals surface area contributed by atoms with E-state index in [-0.39, 0.29) is 0 Å². The fourth-order valence-corrected chi connectivity index (χ4v) is 3.14. The van der Waals surface area contributed by atoms with Crippen LogP contribution in [0.3, 0.4) is 0 Å². The highest BCUT2D eigenvalue weighted by Crippen LogP contribution is 2.28. The van der Waals surface area contributed by atoms with E-state index in [1.807, 2.05) is 54.0 Å².